The topological polar surface area (TPSA) is 54.5 Å². The van der Waals surface area contributed by atoms with Crippen molar-refractivity contribution in [1.82, 2.24) is 15.2 Å². The molecule has 2 rings (SSSR count). The van der Waals surface area contributed by atoms with Crippen LogP contribution in [0.15, 0.2) is 5.38 Å². The number of rotatable bonds is 5. The molecule has 0 radical (unpaired) electrons. The maximum atomic E-state index is 11.9. The fraction of sp³-hybridized carbons (Fsp3) is 0.667. The van der Waals surface area contributed by atoms with Gasteiger partial charge in [0, 0.05) is 25.5 Å². The maximum absolute atomic E-state index is 11.9. The molecule has 1 amide bonds. The highest BCUT2D eigenvalue weighted by Gasteiger charge is 2.33. The molecule has 0 unspecified atom stereocenters. The molecular weight excluding hydrogens is 250 g/mol. The summed E-state index contributed by atoms with van der Waals surface area (Å²) in [6, 6.07) is 0. The van der Waals surface area contributed by atoms with E-state index >= 15 is 0 Å². The number of likely N-dealkylation sites (N-methyl/N-ethyl adjacent to an activating group) is 1. The number of aryl methyl sites for hydroxylation is 1. The Hall–Kier alpha value is -0.980. The van der Waals surface area contributed by atoms with Crippen LogP contribution < -0.4 is 5.32 Å². The van der Waals surface area contributed by atoms with E-state index in [0.717, 1.165) is 23.8 Å². The summed E-state index contributed by atoms with van der Waals surface area (Å²) >= 11 is 1.60. The predicted molar refractivity (Wildman–Crippen MR) is 70.6 cm³/mol. The summed E-state index contributed by atoms with van der Waals surface area (Å²) in [5.41, 5.74) is 0.762. The standard InChI is InChI=1S/C12H19N3O2S/c1-9-14-10(6-18-9)4-15(3)11(16)5-17-12(2)7-13-8-12/h6,13H,4-5,7-8H2,1-3H3. The molecule has 6 heteroatoms. The van der Waals surface area contributed by atoms with Gasteiger partial charge >= 0.3 is 0 Å². The van der Waals surface area contributed by atoms with Gasteiger partial charge in [0.1, 0.15) is 6.61 Å². The molecule has 0 aromatic carbocycles. The molecule has 0 bridgehead atoms. The van der Waals surface area contributed by atoms with Gasteiger partial charge in [-0.05, 0) is 13.8 Å². The van der Waals surface area contributed by atoms with Crippen molar-refractivity contribution in [1.29, 1.82) is 0 Å². The van der Waals surface area contributed by atoms with Gasteiger partial charge in [-0.1, -0.05) is 0 Å². The van der Waals surface area contributed by atoms with Gasteiger partial charge in [-0.2, -0.15) is 0 Å². The van der Waals surface area contributed by atoms with Gasteiger partial charge in [0.15, 0.2) is 0 Å². The number of ether oxygens (including phenoxy) is 1. The first kappa shape index (κ1) is 13.5. The van der Waals surface area contributed by atoms with Crippen LogP contribution in [-0.4, -0.2) is 48.1 Å². The van der Waals surface area contributed by atoms with E-state index in [2.05, 4.69) is 10.3 Å². The Labute approximate surface area is 111 Å². The third-order valence-electron chi connectivity index (χ3n) is 3.03. The van der Waals surface area contributed by atoms with Gasteiger partial charge in [0.2, 0.25) is 5.91 Å². The number of hydrogen-bond acceptors (Lipinski definition) is 5. The van der Waals surface area contributed by atoms with E-state index in [0.29, 0.717) is 6.54 Å². The summed E-state index contributed by atoms with van der Waals surface area (Å²) in [4.78, 5) is 17.9. The molecule has 18 heavy (non-hydrogen) atoms. The fourth-order valence-corrected chi connectivity index (χ4v) is 2.34. The van der Waals surface area contributed by atoms with Crippen LogP contribution in [0.1, 0.15) is 17.6 Å². The van der Waals surface area contributed by atoms with Crippen LogP contribution in [0.5, 0.6) is 0 Å². The van der Waals surface area contributed by atoms with E-state index in [4.69, 9.17) is 4.74 Å². The Morgan fingerprint density at radius 3 is 2.89 bits per heavy atom. The third kappa shape index (κ3) is 3.28. The molecule has 1 N–H and O–H groups in total. The molecule has 100 valence electrons. The first-order valence-electron chi connectivity index (χ1n) is 5.98. The summed E-state index contributed by atoms with van der Waals surface area (Å²) in [6.45, 7) is 6.29. The monoisotopic (exact) mass is 269 g/mol. The van der Waals surface area contributed by atoms with Crippen molar-refractivity contribution in [2.75, 3.05) is 26.7 Å². The molecular formula is C12H19N3O2S. The second-order valence-corrected chi connectivity index (χ2v) is 6.01. The Morgan fingerprint density at radius 1 is 1.67 bits per heavy atom. The SMILES string of the molecule is Cc1nc(CN(C)C(=O)COC2(C)CNC2)cs1. The minimum absolute atomic E-state index is 0.00576. The zero-order chi connectivity index (χ0) is 13.2. The Balaban J connectivity index is 1.77. The van der Waals surface area contributed by atoms with Crippen molar-refractivity contribution in [3.05, 3.63) is 16.1 Å². The van der Waals surface area contributed by atoms with Crippen molar-refractivity contribution in [2.24, 2.45) is 0 Å². The van der Waals surface area contributed by atoms with Crippen molar-refractivity contribution in [3.63, 3.8) is 0 Å². The number of carbonyl (C=O) groups excluding carboxylic acids is 1. The lowest BCUT2D eigenvalue weighted by Crippen LogP contribution is -2.59. The van der Waals surface area contributed by atoms with Gasteiger partial charge < -0.3 is 15.0 Å². The lowest BCUT2D eigenvalue weighted by atomic mass is 10.0. The summed E-state index contributed by atoms with van der Waals surface area (Å²) < 4.78 is 5.62. The number of aromatic nitrogens is 1. The van der Waals surface area contributed by atoms with Crippen LogP contribution in [0.25, 0.3) is 0 Å². The quantitative estimate of drug-likeness (QED) is 0.858. The Kier molecular flexibility index (Phi) is 3.99. The molecule has 1 aromatic rings. The molecule has 5 nitrogen and oxygen atoms in total. The number of nitrogens with zero attached hydrogens (tertiary/aromatic N) is 2. The van der Waals surface area contributed by atoms with Crippen LogP contribution >= 0.6 is 11.3 Å². The first-order valence-corrected chi connectivity index (χ1v) is 6.86. The van der Waals surface area contributed by atoms with Crippen LogP contribution in [0.4, 0.5) is 0 Å². The van der Waals surface area contributed by atoms with E-state index in [1.54, 1.807) is 23.3 Å². The minimum atomic E-state index is -0.173. The fourth-order valence-electron chi connectivity index (χ4n) is 1.74. The van der Waals surface area contributed by atoms with Crippen molar-refractivity contribution in [2.45, 2.75) is 26.0 Å². The van der Waals surface area contributed by atoms with Crippen LogP contribution in [0.2, 0.25) is 0 Å². The average molecular weight is 269 g/mol. The molecule has 0 atom stereocenters. The van der Waals surface area contributed by atoms with Crippen molar-refractivity contribution >= 4 is 17.2 Å². The first-order chi connectivity index (χ1) is 8.48. The molecule has 1 aliphatic heterocycles. The predicted octanol–water partition coefficient (Wildman–Crippen LogP) is 0.788. The zero-order valence-electron chi connectivity index (χ0n) is 11.0. The van der Waals surface area contributed by atoms with Crippen LogP contribution in [0.3, 0.4) is 0 Å². The van der Waals surface area contributed by atoms with Crippen LogP contribution in [-0.2, 0) is 16.1 Å². The van der Waals surface area contributed by atoms with Gasteiger partial charge in [-0.15, -0.1) is 11.3 Å². The number of carbonyl (C=O) groups is 1. The molecule has 1 aromatic heterocycles. The number of thiazole rings is 1. The molecule has 1 aliphatic rings. The maximum Gasteiger partial charge on any atom is 0.248 e. The highest BCUT2D eigenvalue weighted by Crippen LogP contribution is 2.15. The molecule has 0 saturated carbocycles. The highest BCUT2D eigenvalue weighted by molar-refractivity contribution is 7.09. The molecule has 1 saturated heterocycles. The summed E-state index contributed by atoms with van der Waals surface area (Å²) in [5.74, 6) is -0.00576. The third-order valence-corrected chi connectivity index (χ3v) is 3.86. The van der Waals surface area contributed by atoms with E-state index in [1.165, 1.54) is 0 Å². The smallest absolute Gasteiger partial charge is 0.248 e. The Morgan fingerprint density at radius 2 is 2.39 bits per heavy atom. The Bertz CT molecular complexity index is 429. The van der Waals surface area contributed by atoms with Gasteiger partial charge in [0.25, 0.3) is 0 Å². The van der Waals surface area contributed by atoms with E-state index in [1.807, 2.05) is 19.2 Å². The summed E-state index contributed by atoms with van der Waals surface area (Å²) in [6.07, 6.45) is 0. The molecule has 0 spiro atoms. The number of hydrogen-bond donors (Lipinski definition) is 1. The summed E-state index contributed by atoms with van der Waals surface area (Å²) in [7, 11) is 1.78. The second kappa shape index (κ2) is 5.34. The highest BCUT2D eigenvalue weighted by atomic mass is 32.1. The van der Waals surface area contributed by atoms with E-state index < -0.39 is 0 Å². The van der Waals surface area contributed by atoms with Gasteiger partial charge in [0.05, 0.1) is 22.8 Å². The second-order valence-electron chi connectivity index (χ2n) is 4.95. The molecule has 2 heterocycles. The van der Waals surface area contributed by atoms with E-state index in [9.17, 15) is 4.79 Å². The molecule has 0 aliphatic carbocycles. The number of amides is 1. The van der Waals surface area contributed by atoms with Gasteiger partial charge in [-0.3, -0.25) is 4.79 Å². The minimum Gasteiger partial charge on any atom is -0.363 e. The normalized spacial score (nSPS) is 17.3. The zero-order valence-corrected chi connectivity index (χ0v) is 11.8. The lowest BCUT2D eigenvalue weighted by Gasteiger charge is -2.39. The summed E-state index contributed by atoms with van der Waals surface area (Å²) in [5, 5.41) is 6.15. The van der Waals surface area contributed by atoms with Crippen molar-refractivity contribution < 1.29 is 9.53 Å². The largest absolute Gasteiger partial charge is 0.363 e. The molecule has 1 fully saturated rings. The average Bonchev–Trinajstić information content (AvgIpc) is 2.69. The van der Waals surface area contributed by atoms with Crippen LogP contribution in [0, 0.1) is 6.92 Å². The van der Waals surface area contributed by atoms with Gasteiger partial charge in [-0.25, -0.2) is 4.98 Å². The lowest BCUT2D eigenvalue weighted by molar-refractivity contribution is -0.145. The van der Waals surface area contributed by atoms with Crippen molar-refractivity contribution in [3.8, 4) is 0 Å². The van der Waals surface area contributed by atoms with E-state index in [-0.39, 0.29) is 18.1 Å². The number of nitrogens with one attached hydrogen (secondary N) is 1.